The Morgan fingerprint density at radius 1 is 1.10 bits per heavy atom. The highest BCUT2D eigenvalue weighted by atomic mass is 19.2. The lowest BCUT2D eigenvalue weighted by molar-refractivity contribution is 0.449. The second-order valence-electron chi connectivity index (χ2n) is 4.16. The highest BCUT2D eigenvalue weighted by Crippen LogP contribution is 2.22. The number of benzene rings is 1. The molecule has 0 atom stereocenters. The minimum atomic E-state index is -1.54. The molecule has 0 fully saturated rings. The van der Waals surface area contributed by atoms with E-state index in [1.165, 1.54) is 6.20 Å². The van der Waals surface area contributed by atoms with Crippen molar-refractivity contribution < 1.29 is 13.2 Å². The standard InChI is InChI=1S/C13H14F3N5/c1-3-21(4-2)13-19-10(7-17-20-13)18-9-6-5-8(14)11(15)12(9)16/h5-7H,3-4H2,1-2H3,(H,18,19,20). The molecule has 1 aromatic heterocycles. The number of nitrogens with one attached hydrogen (secondary N) is 1. The van der Waals surface area contributed by atoms with Gasteiger partial charge in [0.05, 0.1) is 11.9 Å². The van der Waals surface area contributed by atoms with E-state index in [9.17, 15) is 13.2 Å². The molecule has 21 heavy (non-hydrogen) atoms. The summed E-state index contributed by atoms with van der Waals surface area (Å²) in [6.07, 6.45) is 1.27. The largest absolute Gasteiger partial charge is 0.340 e. The topological polar surface area (TPSA) is 53.9 Å². The predicted molar refractivity (Wildman–Crippen MR) is 73.0 cm³/mol. The van der Waals surface area contributed by atoms with Crippen molar-refractivity contribution in [1.29, 1.82) is 0 Å². The average Bonchev–Trinajstić information content (AvgIpc) is 2.50. The Balaban J connectivity index is 2.28. The molecule has 0 unspecified atom stereocenters. The summed E-state index contributed by atoms with van der Waals surface area (Å²) in [4.78, 5) is 6.01. The zero-order chi connectivity index (χ0) is 15.4. The minimum absolute atomic E-state index is 0.191. The Morgan fingerprint density at radius 3 is 2.48 bits per heavy atom. The number of nitrogens with zero attached hydrogens (tertiary/aromatic N) is 4. The van der Waals surface area contributed by atoms with Crippen LogP contribution in [0.2, 0.25) is 0 Å². The third-order valence-electron chi connectivity index (χ3n) is 2.89. The summed E-state index contributed by atoms with van der Waals surface area (Å²) in [5.41, 5.74) is -0.222. The molecule has 5 nitrogen and oxygen atoms in total. The van der Waals surface area contributed by atoms with Crippen LogP contribution in [-0.2, 0) is 0 Å². The number of halogens is 3. The van der Waals surface area contributed by atoms with E-state index in [2.05, 4.69) is 20.5 Å². The summed E-state index contributed by atoms with van der Waals surface area (Å²) >= 11 is 0. The first-order chi connectivity index (χ1) is 10.1. The van der Waals surface area contributed by atoms with Crippen molar-refractivity contribution in [2.45, 2.75) is 13.8 Å². The van der Waals surface area contributed by atoms with Crippen molar-refractivity contribution in [2.75, 3.05) is 23.3 Å². The molecule has 1 N–H and O–H groups in total. The molecular formula is C13H14F3N5. The first-order valence-electron chi connectivity index (χ1n) is 6.42. The van der Waals surface area contributed by atoms with E-state index < -0.39 is 17.5 Å². The van der Waals surface area contributed by atoms with E-state index in [1.807, 2.05) is 18.7 Å². The summed E-state index contributed by atoms with van der Waals surface area (Å²) in [5, 5.41) is 10.2. The van der Waals surface area contributed by atoms with Crippen LogP contribution < -0.4 is 10.2 Å². The average molecular weight is 297 g/mol. The Kier molecular flexibility index (Phi) is 4.56. The molecule has 0 saturated heterocycles. The molecule has 1 aromatic carbocycles. The first-order valence-corrected chi connectivity index (χ1v) is 6.42. The van der Waals surface area contributed by atoms with Gasteiger partial charge in [0.1, 0.15) is 0 Å². The fourth-order valence-electron chi connectivity index (χ4n) is 1.76. The van der Waals surface area contributed by atoms with Gasteiger partial charge in [0.2, 0.25) is 5.95 Å². The quantitative estimate of drug-likeness (QED) is 0.860. The molecule has 0 aliphatic rings. The van der Waals surface area contributed by atoms with Crippen LogP contribution >= 0.6 is 0 Å². The van der Waals surface area contributed by atoms with Gasteiger partial charge >= 0.3 is 0 Å². The highest BCUT2D eigenvalue weighted by molar-refractivity contribution is 5.57. The molecule has 0 bridgehead atoms. The van der Waals surface area contributed by atoms with Crippen LogP contribution in [0.25, 0.3) is 0 Å². The number of anilines is 3. The molecule has 0 amide bonds. The molecule has 0 aliphatic heterocycles. The molecule has 2 aromatic rings. The number of hydrogen-bond donors (Lipinski definition) is 1. The van der Waals surface area contributed by atoms with Crippen molar-refractivity contribution in [3.05, 3.63) is 35.8 Å². The molecule has 112 valence electrons. The summed E-state index contributed by atoms with van der Waals surface area (Å²) in [5.74, 6) is -3.53. The van der Waals surface area contributed by atoms with E-state index in [4.69, 9.17) is 0 Å². The van der Waals surface area contributed by atoms with Crippen molar-refractivity contribution in [3.63, 3.8) is 0 Å². The smallest absolute Gasteiger partial charge is 0.247 e. The lowest BCUT2D eigenvalue weighted by Gasteiger charge is -2.18. The van der Waals surface area contributed by atoms with Gasteiger partial charge in [-0.15, -0.1) is 5.10 Å². The van der Waals surface area contributed by atoms with Crippen molar-refractivity contribution >= 4 is 17.5 Å². The maximum absolute atomic E-state index is 13.6. The van der Waals surface area contributed by atoms with Gasteiger partial charge in [-0.05, 0) is 26.0 Å². The first kappa shape index (κ1) is 15.0. The Bertz CT molecular complexity index is 631. The normalized spacial score (nSPS) is 10.5. The van der Waals surface area contributed by atoms with Gasteiger partial charge < -0.3 is 10.2 Å². The third kappa shape index (κ3) is 3.21. The van der Waals surface area contributed by atoms with Gasteiger partial charge in [0.25, 0.3) is 0 Å². The molecule has 0 saturated carbocycles. The van der Waals surface area contributed by atoms with E-state index in [0.717, 1.165) is 12.1 Å². The fourth-order valence-corrected chi connectivity index (χ4v) is 1.76. The zero-order valence-corrected chi connectivity index (χ0v) is 11.6. The summed E-state index contributed by atoms with van der Waals surface area (Å²) in [7, 11) is 0. The third-order valence-corrected chi connectivity index (χ3v) is 2.89. The molecule has 8 heteroatoms. The minimum Gasteiger partial charge on any atom is -0.340 e. The van der Waals surface area contributed by atoms with Crippen LogP contribution in [0.5, 0.6) is 0 Å². The second-order valence-corrected chi connectivity index (χ2v) is 4.16. The summed E-state index contributed by atoms with van der Waals surface area (Å²) in [6.45, 7) is 5.23. The Morgan fingerprint density at radius 2 is 1.81 bits per heavy atom. The zero-order valence-electron chi connectivity index (χ0n) is 11.6. The lowest BCUT2D eigenvalue weighted by Crippen LogP contribution is -2.24. The van der Waals surface area contributed by atoms with E-state index in [1.54, 1.807) is 0 Å². The van der Waals surface area contributed by atoms with Gasteiger partial charge in [-0.2, -0.15) is 10.1 Å². The molecule has 2 rings (SSSR count). The van der Waals surface area contributed by atoms with Crippen LogP contribution in [0.1, 0.15) is 13.8 Å². The van der Waals surface area contributed by atoms with E-state index in [-0.39, 0.29) is 11.5 Å². The number of aromatic nitrogens is 3. The van der Waals surface area contributed by atoms with Crippen LogP contribution in [0, 0.1) is 17.5 Å². The second kappa shape index (κ2) is 6.38. The summed E-state index contributed by atoms with van der Waals surface area (Å²) in [6, 6.07) is 1.92. The van der Waals surface area contributed by atoms with Gasteiger partial charge in [0.15, 0.2) is 23.3 Å². The molecule has 0 spiro atoms. The number of hydrogen-bond acceptors (Lipinski definition) is 5. The van der Waals surface area contributed by atoms with Crippen molar-refractivity contribution in [2.24, 2.45) is 0 Å². The van der Waals surface area contributed by atoms with Gasteiger partial charge in [0, 0.05) is 13.1 Å². The van der Waals surface area contributed by atoms with Gasteiger partial charge in [-0.3, -0.25) is 0 Å². The SMILES string of the molecule is CCN(CC)c1nncc(Nc2ccc(F)c(F)c2F)n1. The molecule has 0 radical (unpaired) electrons. The highest BCUT2D eigenvalue weighted by Gasteiger charge is 2.14. The van der Waals surface area contributed by atoms with Crippen LogP contribution in [0.3, 0.4) is 0 Å². The summed E-state index contributed by atoms with van der Waals surface area (Å²) < 4.78 is 39.6. The van der Waals surface area contributed by atoms with E-state index in [0.29, 0.717) is 19.0 Å². The van der Waals surface area contributed by atoms with Crippen LogP contribution in [0.4, 0.5) is 30.6 Å². The van der Waals surface area contributed by atoms with Gasteiger partial charge in [-0.1, -0.05) is 0 Å². The fraction of sp³-hybridized carbons (Fsp3) is 0.308. The van der Waals surface area contributed by atoms with Gasteiger partial charge in [-0.25, -0.2) is 13.2 Å². The molecule has 1 heterocycles. The maximum atomic E-state index is 13.6. The molecular weight excluding hydrogens is 283 g/mol. The lowest BCUT2D eigenvalue weighted by atomic mass is 10.3. The maximum Gasteiger partial charge on any atom is 0.247 e. The van der Waals surface area contributed by atoms with Crippen LogP contribution in [0.15, 0.2) is 18.3 Å². The monoisotopic (exact) mass is 297 g/mol. The van der Waals surface area contributed by atoms with Crippen molar-refractivity contribution in [3.8, 4) is 0 Å². The molecule has 0 aliphatic carbocycles. The van der Waals surface area contributed by atoms with Crippen LogP contribution in [-0.4, -0.2) is 28.3 Å². The van der Waals surface area contributed by atoms with E-state index >= 15 is 0 Å². The Hall–Kier alpha value is -2.38. The Labute approximate surface area is 119 Å². The van der Waals surface area contributed by atoms with Crippen molar-refractivity contribution in [1.82, 2.24) is 15.2 Å². The predicted octanol–water partition coefficient (Wildman–Crippen LogP) is 2.88. The number of rotatable bonds is 5.